The van der Waals surface area contributed by atoms with Gasteiger partial charge in [-0.1, -0.05) is 23.8 Å². The largest absolute Gasteiger partial charge is 0.344 e. The Bertz CT molecular complexity index is 177. The third-order valence-corrected chi connectivity index (χ3v) is 2.68. The quantitative estimate of drug-likeness (QED) is 0.532. The van der Waals surface area contributed by atoms with Gasteiger partial charge in [0.15, 0.2) is 0 Å². The first-order chi connectivity index (χ1) is 4.62. The summed E-state index contributed by atoms with van der Waals surface area (Å²) < 4.78 is 10.9. The predicted molar refractivity (Wildman–Crippen MR) is 44.7 cm³/mol. The fourth-order valence-corrected chi connectivity index (χ4v) is 1.68. The minimum Gasteiger partial charge on any atom is -0.344 e. The van der Waals surface area contributed by atoms with Crippen LogP contribution in [0.1, 0.15) is 0 Å². The summed E-state index contributed by atoms with van der Waals surface area (Å²) in [5.74, 6) is 0. The van der Waals surface area contributed by atoms with E-state index in [2.05, 4.69) is 6.58 Å². The first-order valence-electron chi connectivity index (χ1n) is 2.79. The second kappa shape index (κ2) is 4.73. The molecule has 1 N–H and O–H groups in total. The maximum absolute atomic E-state index is 10.9. The van der Waals surface area contributed by atoms with Crippen LogP contribution in [0.5, 0.6) is 0 Å². The van der Waals surface area contributed by atoms with Crippen molar-refractivity contribution in [3.63, 3.8) is 0 Å². The number of halogens is 1. The minimum absolute atomic E-state index is 0.127. The Hall–Kier alpha value is -0.0400. The molecular formula is C6H10ClO2P. The molecule has 4 heteroatoms. The van der Waals surface area contributed by atoms with Gasteiger partial charge in [-0.15, -0.1) is 6.58 Å². The van der Waals surface area contributed by atoms with Gasteiger partial charge in [0.25, 0.3) is 0 Å². The van der Waals surface area contributed by atoms with Crippen molar-refractivity contribution in [1.82, 2.24) is 0 Å². The lowest BCUT2D eigenvalue weighted by Crippen LogP contribution is -1.87. The van der Waals surface area contributed by atoms with Crippen molar-refractivity contribution < 1.29 is 9.46 Å². The highest BCUT2D eigenvalue weighted by molar-refractivity contribution is 7.58. The molecule has 0 aliphatic carbocycles. The lowest BCUT2D eigenvalue weighted by Gasteiger charge is -2.03. The summed E-state index contributed by atoms with van der Waals surface area (Å²) in [4.78, 5) is 9.02. The maximum atomic E-state index is 10.9. The van der Waals surface area contributed by atoms with Gasteiger partial charge in [-0.3, -0.25) is 4.57 Å². The lowest BCUT2D eigenvalue weighted by molar-refractivity contribution is 0.485. The van der Waals surface area contributed by atoms with Gasteiger partial charge >= 0.3 is 0 Å². The number of hydrogen-bond donors (Lipinski definition) is 1. The molecular weight excluding hydrogens is 170 g/mol. The molecule has 0 aromatic carbocycles. The van der Waals surface area contributed by atoms with Crippen LogP contribution in [0.25, 0.3) is 0 Å². The van der Waals surface area contributed by atoms with Gasteiger partial charge in [-0.25, -0.2) is 0 Å². The number of rotatable bonds is 4. The summed E-state index contributed by atoms with van der Waals surface area (Å²) >= 11 is 5.17. The van der Waals surface area contributed by atoms with Crippen LogP contribution >= 0.6 is 19.0 Å². The molecule has 58 valence electrons. The van der Waals surface area contributed by atoms with Gasteiger partial charge in [-0.2, -0.15) is 0 Å². The lowest BCUT2D eigenvalue weighted by atomic mass is 10.7. The van der Waals surface area contributed by atoms with Crippen molar-refractivity contribution in [2.24, 2.45) is 0 Å². The van der Waals surface area contributed by atoms with Crippen LogP contribution in [0.15, 0.2) is 24.3 Å². The Morgan fingerprint density at radius 1 is 1.60 bits per heavy atom. The molecule has 2 nitrogen and oxygen atoms in total. The average molecular weight is 181 g/mol. The molecule has 0 aliphatic heterocycles. The topological polar surface area (TPSA) is 37.3 Å². The highest BCUT2D eigenvalue weighted by Crippen LogP contribution is 2.39. The van der Waals surface area contributed by atoms with Gasteiger partial charge < -0.3 is 4.89 Å². The van der Waals surface area contributed by atoms with Crippen molar-refractivity contribution in [3.8, 4) is 0 Å². The molecule has 0 aromatic heterocycles. The van der Waals surface area contributed by atoms with Gasteiger partial charge in [0.05, 0.1) is 0 Å². The first-order valence-corrected chi connectivity index (χ1v) is 5.26. The SMILES string of the molecule is C=CCP(=O)(O)CC=CCl. The zero-order valence-electron chi connectivity index (χ0n) is 5.53. The molecule has 0 aliphatic rings. The van der Waals surface area contributed by atoms with E-state index < -0.39 is 7.37 Å². The number of hydrogen-bond acceptors (Lipinski definition) is 1. The van der Waals surface area contributed by atoms with Crippen LogP contribution in [-0.2, 0) is 4.57 Å². The van der Waals surface area contributed by atoms with Crippen molar-refractivity contribution >= 4 is 19.0 Å². The third kappa shape index (κ3) is 4.80. The first kappa shape index (κ1) is 9.96. The molecule has 0 rings (SSSR count). The van der Waals surface area contributed by atoms with Crippen LogP contribution in [0.2, 0.25) is 0 Å². The van der Waals surface area contributed by atoms with Crippen molar-refractivity contribution in [3.05, 3.63) is 24.3 Å². The summed E-state index contributed by atoms with van der Waals surface area (Å²) in [6.07, 6.45) is 3.17. The zero-order valence-corrected chi connectivity index (χ0v) is 7.18. The molecule has 0 radical (unpaired) electrons. The van der Waals surface area contributed by atoms with E-state index in [1.807, 2.05) is 0 Å². The Morgan fingerprint density at radius 2 is 2.20 bits per heavy atom. The minimum atomic E-state index is -3.00. The molecule has 0 bridgehead atoms. The molecule has 0 aromatic rings. The van der Waals surface area contributed by atoms with E-state index in [9.17, 15) is 4.57 Å². The molecule has 1 unspecified atom stereocenters. The van der Waals surface area contributed by atoms with Gasteiger partial charge in [0.1, 0.15) is 0 Å². The Morgan fingerprint density at radius 3 is 2.60 bits per heavy atom. The van der Waals surface area contributed by atoms with Gasteiger partial charge in [0, 0.05) is 17.9 Å². The summed E-state index contributed by atoms with van der Waals surface area (Å²) in [6.45, 7) is 3.36. The fraction of sp³-hybridized carbons (Fsp3) is 0.333. The highest BCUT2D eigenvalue weighted by Gasteiger charge is 2.12. The molecule has 0 spiro atoms. The highest BCUT2D eigenvalue weighted by atomic mass is 35.5. The van der Waals surface area contributed by atoms with E-state index in [1.165, 1.54) is 17.7 Å². The molecule has 0 amide bonds. The van der Waals surface area contributed by atoms with E-state index in [1.54, 1.807) is 0 Å². The van der Waals surface area contributed by atoms with Crippen LogP contribution in [-0.4, -0.2) is 17.2 Å². The van der Waals surface area contributed by atoms with Crippen molar-refractivity contribution in [2.75, 3.05) is 12.3 Å². The maximum Gasteiger partial charge on any atom is 0.207 e. The molecule has 0 saturated carbocycles. The summed E-state index contributed by atoms with van der Waals surface area (Å²) in [5.41, 5.74) is 1.24. The van der Waals surface area contributed by atoms with E-state index in [4.69, 9.17) is 16.5 Å². The monoisotopic (exact) mass is 180 g/mol. The van der Waals surface area contributed by atoms with E-state index in [-0.39, 0.29) is 12.3 Å². The van der Waals surface area contributed by atoms with Crippen LogP contribution in [0.3, 0.4) is 0 Å². The van der Waals surface area contributed by atoms with Gasteiger partial charge in [0.2, 0.25) is 7.37 Å². The summed E-state index contributed by atoms with van der Waals surface area (Å²) in [7, 11) is -3.00. The Kier molecular flexibility index (Phi) is 4.71. The summed E-state index contributed by atoms with van der Waals surface area (Å²) in [5, 5.41) is 0. The average Bonchev–Trinajstić information content (AvgIpc) is 1.84. The molecule has 0 saturated heterocycles. The third-order valence-electron chi connectivity index (χ3n) is 0.894. The van der Waals surface area contributed by atoms with Crippen LogP contribution in [0.4, 0.5) is 0 Å². The molecule has 0 fully saturated rings. The molecule has 0 heterocycles. The predicted octanol–water partition coefficient (Wildman–Crippen LogP) is 2.20. The number of allylic oxidation sites excluding steroid dienone is 2. The van der Waals surface area contributed by atoms with E-state index in [0.29, 0.717) is 0 Å². The smallest absolute Gasteiger partial charge is 0.207 e. The Labute approximate surface area is 65.7 Å². The van der Waals surface area contributed by atoms with E-state index in [0.717, 1.165) is 0 Å². The Balaban J connectivity index is 3.86. The van der Waals surface area contributed by atoms with Gasteiger partial charge in [-0.05, 0) is 0 Å². The molecule has 10 heavy (non-hydrogen) atoms. The van der Waals surface area contributed by atoms with Crippen molar-refractivity contribution in [2.45, 2.75) is 0 Å². The fourth-order valence-electron chi connectivity index (χ4n) is 0.481. The molecule has 1 atom stereocenters. The zero-order chi connectivity index (χ0) is 8.04. The standard InChI is InChI=1S/C6H10ClO2P/c1-2-5-10(8,9)6-3-4-7/h2-4H,1,5-6H2,(H,8,9). The van der Waals surface area contributed by atoms with E-state index >= 15 is 0 Å². The normalized spacial score (nSPS) is 17.0. The van der Waals surface area contributed by atoms with Crippen molar-refractivity contribution in [1.29, 1.82) is 0 Å². The summed E-state index contributed by atoms with van der Waals surface area (Å²) in [6, 6.07) is 0. The van der Waals surface area contributed by atoms with Crippen LogP contribution < -0.4 is 0 Å². The second-order valence-corrected chi connectivity index (χ2v) is 4.54. The second-order valence-electron chi connectivity index (χ2n) is 1.86. The van der Waals surface area contributed by atoms with Crippen LogP contribution in [0, 0.1) is 0 Å².